The first kappa shape index (κ1) is 18.6. The van der Waals surface area contributed by atoms with Crippen molar-refractivity contribution in [2.45, 2.75) is 6.04 Å². The first-order valence-electron chi connectivity index (χ1n) is 9.38. The minimum absolute atomic E-state index is 0.0213. The summed E-state index contributed by atoms with van der Waals surface area (Å²) in [5.74, 6) is 2.03. The maximum Gasteiger partial charge on any atom is 0.251 e. The van der Waals surface area contributed by atoms with Crippen molar-refractivity contribution in [2.75, 3.05) is 46.8 Å². The first-order chi connectivity index (χ1) is 13.7. The molecule has 0 bridgehead atoms. The molecule has 0 spiro atoms. The molecule has 0 aliphatic carbocycles. The average molecular weight is 384 g/mol. The van der Waals surface area contributed by atoms with Crippen molar-refractivity contribution in [3.05, 3.63) is 53.6 Å². The number of rotatable bonds is 6. The Balaban J connectivity index is 1.51. The Morgan fingerprint density at radius 2 is 1.96 bits per heavy atom. The molecule has 0 unspecified atom stereocenters. The molecule has 7 heteroatoms. The molecular formula is C21H24N2O5. The van der Waals surface area contributed by atoms with Gasteiger partial charge in [-0.3, -0.25) is 9.69 Å². The van der Waals surface area contributed by atoms with Gasteiger partial charge in [0, 0.05) is 25.2 Å². The van der Waals surface area contributed by atoms with Crippen molar-refractivity contribution in [1.82, 2.24) is 10.2 Å². The van der Waals surface area contributed by atoms with Gasteiger partial charge in [0.25, 0.3) is 5.91 Å². The molecule has 2 aromatic carbocycles. The number of amides is 1. The average Bonchev–Trinajstić information content (AvgIpc) is 3.22. The second-order valence-electron chi connectivity index (χ2n) is 6.72. The third kappa shape index (κ3) is 4.05. The van der Waals surface area contributed by atoms with Crippen molar-refractivity contribution in [3.63, 3.8) is 0 Å². The summed E-state index contributed by atoms with van der Waals surface area (Å²) in [6.45, 7) is 3.72. The van der Waals surface area contributed by atoms with Gasteiger partial charge < -0.3 is 24.3 Å². The number of nitrogens with one attached hydrogen (secondary N) is 1. The molecule has 1 atom stereocenters. The van der Waals surface area contributed by atoms with E-state index in [1.807, 2.05) is 30.3 Å². The third-order valence-corrected chi connectivity index (χ3v) is 5.06. The molecule has 2 aromatic rings. The van der Waals surface area contributed by atoms with Crippen LogP contribution in [0.3, 0.4) is 0 Å². The second-order valence-corrected chi connectivity index (χ2v) is 6.72. The lowest BCUT2D eigenvalue weighted by Crippen LogP contribution is -2.43. The van der Waals surface area contributed by atoms with Gasteiger partial charge in [0.05, 0.1) is 26.4 Å². The van der Waals surface area contributed by atoms with Gasteiger partial charge >= 0.3 is 0 Å². The Kier molecular flexibility index (Phi) is 5.64. The predicted octanol–water partition coefficient (Wildman–Crippen LogP) is 2.23. The number of nitrogens with zero attached hydrogens (tertiary/aromatic N) is 1. The smallest absolute Gasteiger partial charge is 0.251 e. The van der Waals surface area contributed by atoms with E-state index in [0.717, 1.165) is 30.2 Å². The lowest BCUT2D eigenvalue weighted by Gasteiger charge is -2.35. The van der Waals surface area contributed by atoms with E-state index < -0.39 is 0 Å². The summed E-state index contributed by atoms with van der Waals surface area (Å²) in [5.41, 5.74) is 1.66. The van der Waals surface area contributed by atoms with Crippen LogP contribution in [0.15, 0.2) is 42.5 Å². The van der Waals surface area contributed by atoms with E-state index in [1.54, 1.807) is 19.2 Å². The number of fused-ring (bicyclic) bond motifs is 1. The summed E-state index contributed by atoms with van der Waals surface area (Å²) >= 11 is 0. The zero-order chi connectivity index (χ0) is 19.3. The van der Waals surface area contributed by atoms with Gasteiger partial charge in [-0.05, 0) is 35.9 Å². The lowest BCUT2D eigenvalue weighted by molar-refractivity contribution is 0.0162. The van der Waals surface area contributed by atoms with Crippen LogP contribution in [0, 0.1) is 0 Å². The van der Waals surface area contributed by atoms with E-state index in [4.69, 9.17) is 18.9 Å². The van der Waals surface area contributed by atoms with Crippen LogP contribution >= 0.6 is 0 Å². The van der Waals surface area contributed by atoms with Gasteiger partial charge in [0.2, 0.25) is 6.79 Å². The summed E-state index contributed by atoms with van der Waals surface area (Å²) in [7, 11) is 1.59. The van der Waals surface area contributed by atoms with E-state index in [0.29, 0.717) is 31.1 Å². The highest BCUT2D eigenvalue weighted by Crippen LogP contribution is 2.35. The van der Waals surface area contributed by atoms with Crippen molar-refractivity contribution in [3.8, 4) is 17.2 Å². The minimum Gasteiger partial charge on any atom is -0.497 e. The number of hydrogen-bond donors (Lipinski definition) is 1. The highest BCUT2D eigenvalue weighted by Gasteiger charge is 2.25. The van der Waals surface area contributed by atoms with Gasteiger partial charge in [0.1, 0.15) is 5.75 Å². The zero-order valence-corrected chi connectivity index (χ0v) is 15.8. The highest BCUT2D eigenvalue weighted by atomic mass is 16.7. The molecule has 1 amide bonds. The van der Waals surface area contributed by atoms with Crippen LogP contribution in [0.25, 0.3) is 0 Å². The lowest BCUT2D eigenvalue weighted by atomic mass is 10.0. The molecular weight excluding hydrogens is 360 g/mol. The minimum atomic E-state index is -0.127. The number of ether oxygens (including phenoxy) is 4. The molecule has 7 nitrogen and oxygen atoms in total. The van der Waals surface area contributed by atoms with E-state index in [9.17, 15) is 4.79 Å². The van der Waals surface area contributed by atoms with Crippen LogP contribution in [-0.2, 0) is 4.74 Å². The zero-order valence-electron chi connectivity index (χ0n) is 15.8. The normalized spacial score (nSPS) is 17.2. The number of hydrogen-bond acceptors (Lipinski definition) is 6. The fourth-order valence-electron chi connectivity index (χ4n) is 3.52. The van der Waals surface area contributed by atoms with Crippen molar-refractivity contribution in [1.29, 1.82) is 0 Å². The SMILES string of the molecule is COc1cccc(C(=O)NC[C@@H](c2ccc3c(c2)OCO3)N2CCOCC2)c1. The predicted molar refractivity (Wildman–Crippen MR) is 103 cm³/mol. The molecule has 0 saturated carbocycles. The molecule has 2 aliphatic heterocycles. The van der Waals surface area contributed by atoms with E-state index >= 15 is 0 Å². The molecule has 0 aromatic heterocycles. The number of benzene rings is 2. The van der Waals surface area contributed by atoms with Crippen molar-refractivity contribution in [2.24, 2.45) is 0 Å². The topological polar surface area (TPSA) is 69.3 Å². The van der Waals surface area contributed by atoms with Gasteiger partial charge in [-0.1, -0.05) is 12.1 Å². The fraction of sp³-hybridized carbons (Fsp3) is 0.381. The van der Waals surface area contributed by atoms with Crippen molar-refractivity contribution < 1.29 is 23.7 Å². The summed E-state index contributed by atoms with van der Waals surface area (Å²) in [4.78, 5) is 15.0. The van der Waals surface area contributed by atoms with Gasteiger partial charge in [-0.2, -0.15) is 0 Å². The monoisotopic (exact) mass is 384 g/mol. The highest BCUT2D eigenvalue weighted by molar-refractivity contribution is 5.94. The third-order valence-electron chi connectivity index (χ3n) is 5.06. The van der Waals surface area contributed by atoms with E-state index in [-0.39, 0.29) is 18.7 Å². The number of carbonyl (C=O) groups is 1. The maximum atomic E-state index is 12.7. The van der Waals surface area contributed by atoms with Crippen LogP contribution < -0.4 is 19.5 Å². The summed E-state index contributed by atoms with van der Waals surface area (Å²) in [6, 6.07) is 13.1. The second kappa shape index (κ2) is 8.50. The molecule has 28 heavy (non-hydrogen) atoms. The van der Waals surface area contributed by atoms with Gasteiger partial charge in [0.15, 0.2) is 11.5 Å². The largest absolute Gasteiger partial charge is 0.497 e. The molecule has 2 heterocycles. The quantitative estimate of drug-likeness (QED) is 0.824. The fourth-order valence-corrected chi connectivity index (χ4v) is 3.52. The Labute approximate surface area is 164 Å². The number of carbonyl (C=O) groups excluding carboxylic acids is 1. The Morgan fingerprint density at radius 3 is 2.79 bits per heavy atom. The molecule has 1 N–H and O–H groups in total. The summed E-state index contributed by atoms with van der Waals surface area (Å²) in [6.07, 6.45) is 0. The first-order valence-corrected chi connectivity index (χ1v) is 9.38. The Morgan fingerprint density at radius 1 is 1.14 bits per heavy atom. The van der Waals surface area contributed by atoms with E-state index in [1.165, 1.54) is 0 Å². The Hall–Kier alpha value is -2.77. The molecule has 4 rings (SSSR count). The van der Waals surface area contributed by atoms with Crippen LogP contribution in [0.1, 0.15) is 22.0 Å². The molecule has 2 aliphatic rings. The summed E-state index contributed by atoms with van der Waals surface area (Å²) < 4.78 is 21.7. The van der Waals surface area contributed by atoms with Crippen LogP contribution in [0.2, 0.25) is 0 Å². The Bertz CT molecular complexity index is 835. The molecule has 1 saturated heterocycles. The van der Waals surface area contributed by atoms with Crippen LogP contribution in [0.5, 0.6) is 17.2 Å². The number of methoxy groups -OCH3 is 1. The van der Waals surface area contributed by atoms with Gasteiger partial charge in [-0.15, -0.1) is 0 Å². The summed E-state index contributed by atoms with van der Waals surface area (Å²) in [5, 5.41) is 3.06. The molecule has 1 fully saturated rings. The van der Waals surface area contributed by atoms with Crippen LogP contribution in [-0.4, -0.2) is 57.6 Å². The van der Waals surface area contributed by atoms with E-state index in [2.05, 4.69) is 10.2 Å². The van der Waals surface area contributed by atoms with Crippen molar-refractivity contribution >= 4 is 5.91 Å². The maximum absolute atomic E-state index is 12.7. The van der Waals surface area contributed by atoms with Gasteiger partial charge in [-0.25, -0.2) is 0 Å². The number of morpholine rings is 1. The molecule has 148 valence electrons. The van der Waals surface area contributed by atoms with Crippen LogP contribution in [0.4, 0.5) is 0 Å². The standard InChI is InChI=1S/C21H24N2O5/c1-25-17-4-2-3-16(11-17)21(24)22-13-18(23-7-9-26-10-8-23)15-5-6-19-20(12-15)28-14-27-19/h2-6,11-12,18H,7-10,13-14H2,1H3,(H,22,24)/t18-/m0/s1. The molecule has 0 radical (unpaired) electrons.